The van der Waals surface area contributed by atoms with Crippen molar-refractivity contribution in [1.29, 1.82) is 5.26 Å². The van der Waals surface area contributed by atoms with Crippen LogP contribution in [0.2, 0.25) is 0 Å². The van der Waals surface area contributed by atoms with E-state index in [0.717, 1.165) is 0 Å². The summed E-state index contributed by atoms with van der Waals surface area (Å²) in [5.74, 6) is -1.32. The van der Waals surface area contributed by atoms with Gasteiger partial charge < -0.3 is 19.8 Å². The molecule has 4 rings (SSSR count). The second-order valence-electron chi connectivity index (χ2n) is 8.74. The van der Waals surface area contributed by atoms with E-state index < -0.39 is 29.5 Å². The molecule has 3 heterocycles. The van der Waals surface area contributed by atoms with Crippen LogP contribution >= 0.6 is 0 Å². The number of nitrogens with zero attached hydrogens (tertiary/aromatic N) is 5. The first-order valence-corrected chi connectivity index (χ1v) is 11.3. The van der Waals surface area contributed by atoms with Crippen LogP contribution in [0, 0.1) is 23.7 Å². The lowest BCUT2D eigenvalue weighted by Crippen LogP contribution is -2.46. The molecular weight excluding hydrogens is 451 g/mol. The van der Waals surface area contributed by atoms with E-state index in [1.807, 2.05) is 11.0 Å². The predicted octanol–water partition coefficient (Wildman–Crippen LogP) is 3.25. The van der Waals surface area contributed by atoms with Gasteiger partial charge in [-0.25, -0.2) is 15.8 Å². The Morgan fingerprint density at radius 3 is 2.80 bits per heavy atom. The fourth-order valence-corrected chi connectivity index (χ4v) is 4.67. The number of amides is 2. The van der Waals surface area contributed by atoms with Crippen LogP contribution in [0.4, 0.5) is 20.6 Å². The number of piperidine rings is 1. The van der Waals surface area contributed by atoms with Crippen molar-refractivity contribution in [3.8, 4) is 6.07 Å². The molecule has 0 spiro atoms. The molecule has 1 N–H and O–H groups in total. The van der Waals surface area contributed by atoms with E-state index in [0.29, 0.717) is 42.9 Å². The fraction of sp³-hybridized carbons (Fsp3) is 0.400. The van der Waals surface area contributed by atoms with Gasteiger partial charge in [-0.05, 0) is 29.8 Å². The van der Waals surface area contributed by atoms with Crippen LogP contribution in [0.5, 0.6) is 0 Å². The Morgan fingerprint density at radius 1 is 1.43 bits per heavy atom. The molecule has 0 saturated carbocycles. The third kappa shape index (κ3) is 4.87. The summed E-state index contributed by atoms with van der Waals surface area (Å²) < 4.78 is 20.4. The Labute approximate surface area is 202 Å². The highest BCUT2D eigenvalue weighted by molar-refractivity contribution is 5.90. The molecule has 0 radical (unpaired) electrons. The van der Waals surface area contributed by atoms with E-state index in [1.165, 1.54) is 17.9 Å². The van der Waals surface area contributed by atoms with Gasteiger partial charge in [0.05, 0.1) is 30.5 Å². The smallest absolute Gasteiger partial charge is 0.414 e. The second-order valence-corrected chi connectivity index (χ2v) is 8.74. The molecule has 1 aromatic heterocycles. The molecule has 35 heavy (non-hydrogen) atoms. The Balaban J connectivity index is 1.45. The first-order chi connectivity index (χ1) is 16.9. The minimum Gasteiger partial charge on any atom is -0.442 e. The molecule has 180 valence electrons. The Bertz CT molecular complexity index is 1180. The molecule has 0 bridgehead atoms. The zero-order valence-electron chi connectivity index (χ0n) is 19.3. The number of carbonyl (C=O) groups is 2. The summed E-state index contributed by atoms with van der Waals surface area (Å²) in [6, 6.07) is 10.4. The van der Waals surface area contributed by atoms with E-state index in [9.17, 15) is 14.9 Å². The van der Waals surface area contributed by atoms with Gasteiger partial charge in [-0.3, -0.25) is 14.7 Å². The molecule has 1 unspecified atom stereocenters. The summed E-state index contributed by atoms with van der Waals surface area (Å²) in [6.45, 7) is 10.5. The van der Waals surface area contributed by atoms with Crippen LogP contribution in [0.3, 0.4) is 0 Å². The second kappa shape index (κ2) is 9.98. The van der Waals surface area contributed by atoms with Gasteiger partial charge in [-0.15, -0.1) is 0 Å². The first kappa shape index (κ1) is 24.0. The van der Waals surface area contributed by atoms with Crippen molar-refractivity contribution >= 4 is 23.4 Å². The molecule has 2 aliphatic rings. The summed E-state index contributed by atoms with van der Waals surface area (Å²) in [4.78, 5) is 34.5. The van der Waals surface area contributed by atoms with Gasteiger partial charge in [-0.1, -0.05) is 6.07 Å². The number of aromatic nitrogens is 1. The third-order valence-corrected chi connectivity index (χ3v) is 6.57. The highest BCUT2D eigenvalue weighted by atomic mass is 19.1. The summed E-state index contributed by atoms with van der Waals surface area (Å²) >= 11 is 0. The lowest BCUT2D eigenvalue weighted by Gasteiger charge is -2.37. The molecular formula is C25H25FN6O3. The number of pyridine rings is 1. The lowest BCUT2D eigenvalue weighted by atomic mass is 9.74. The van der Waals surface area contributed by atoms with Gasteiger partial charge >= 0.3 is 6.09 Å². The minimum atomic E-state index is -0.896. The summed E-state index contributed by atoms with van der Waals surface area (Å²) in [5, 5.41) is 12.4. The molecule has 0 aliphatic carbocycles. The molecule has 2 atom stereocenters. The molecule has 9 nitrogen and oxygen atoms in total. The number of carbonyl (C=O) groups excluding carboxylic acids is 2. The van der Waals surface area contributed by atoms with Crippen molar-refractivity contribution in [3.63, 3.8) is 0 Å². The van der Waals surface area contributed by atoms with Crippen LogP contribution in [-0.4, -0.2) is 54.8 Å². The molecule has 1 aromatic carbocycles. The monoisotopic (exact) mass is 476 g/mol. The number of halogens is 1. The molecule has 2 aliphatic heterocycles. The van der Waals surface area contributed by atoms with E-state index in [2.05, 4.69) is 21.2 Å². The average Bonchev–Trinajstić information content (AvgIpc) is 3.25. The summed E-state index contributed by atoms with van der Waals surface area (Å²) in [5.41, 5.74) is 0.566. The van der Waals surface area contributed by atoms with Crippen molar-refractivity contribution < 1.29 is 18.7 Å². The number of rotatable bonds is 6. The van der Waals surface area contributed by atoms with Crippen LogP contribution in [-0.2, 0) is 9.53 Å². The Kier molecular flexibility index (Phi) is 6.83. The Morgan fingerprint density at radius 2 is 2.20 bits per heavy atom. The number of cyclic esters (lactones) is 1. The third-order valence-electron chi connectivity index (χ3n) is 6.57. The van der Waals surface area contributed by atoms with E-state index >= 15 is 4.39 Å². The maximum atomic E-state index is 15.1. The summed E-state index contributed by atoms with van der Waals surface area (Å²) in [7, 11) is 0. The number of ether oxygens (including phenoxy) is 1. The standard InChI is InChI=1S/C25H25FN6O3/c1-17(33)30-15-20-16-32(24(34)35-20)19-5-6-23(22(26)12-19)31-10-7-25(28-2,8-11-31)21(13-27)18-4-3-9-29-14-18/h3-6,9,12,14,20-21H,7-8,10-11,15-16H2,1H3,(H,30,33)/t20-,21?/m0/s1. The number of benzene rings is 1. The molecule has 2 fully saturated rings. The number of hydrogen-bond donors (Lipinski definition) is 1. The zero-order valence-corrected chi connectivity index (χ0v) is 19.3. The van der Waals surface area contributed by atoms with Gasteiger partial charge in [0.1, 0.15) is 11.9 Å². The van der Waals surface area contributed by atoms with E-state index in [4.69, 9.17) is 11.3 Å². The molecule has 2 aromatic rings. The number of hydrogen-bond acceptors (Lipinski definition) is 6. The van der Waals surface area contributed by atoms with Crippen molar-refractivity contribution in [2.45, 2.75) is 37.3 Å². The van der Waals surface area contributed by atoms with E-state index in [-0.39, 0.29) is 19.0 Å². The molecule has 2 saturated heterocycles. The largest absolute Gasteiger partial charge is 0.442 e. The fourth-order valence-electron chi connectivity index (χ4n) is 4.67. The quantitative estimate of drug-likeness (QED) is 0.642. The number of nitrogens with one attached hydrogen (secondary N) is 1. The maximum absolute atomic E-state index is 15.1. The Hall–Kier alpha value is -4.18. The van der Waals surface area contributed by atoms with Crippen molar-refractivity contribution in [3.05, 3.63) is 65.5 Å². The summed E-state index contributed by atoms with van der Waals surface area (Å²) in [6.07, 6.45) is 2.97. The van der Waals surface area contributed by atoms with Crippen LogP contribution in [0.1, 0.15) is 31.2 Å². The van der Waals surface area contributed by atoms with Crippen LogP contribution < -0.4 is 15.1 Å². The topological polar surface area (TPSA) is 103 Å². The molecule has 2 amide bonds. The van der Waals surface area contributed by atoms with Crippen molar-refractivity contribution in [1.82, 2.24) is 10.3 Å². The zero-order chi connectivity index (χ0) is 25.0. The van der Waals surface area contributed by atoms with E-state index in [1.54, 1.807) is 30.6 Å². The van der Waals surface area contributed by atoms with Gasteiger partial charge in [0, 0.05) is 45.2 Å². The van der Waals surface area contributed by atoms with Crippen molar-refractivity contribution in [2.75, 3.05) is 36.0 Å². The highest BCUT2D eigenvalue weighted by Gasteiger charge is 2.49. The SMILES string of the molecule is [C-]#[N+]C1(C(C#N)c2cccnc2)CCN(c2ccc(N3C[C@H](CNC(C)=O)OC3=O)cc2F)CC1. The number of nitriles is 1. The average molecular weight is 477 g/mol. The van der Waals surface area contributed by atoms with Gasteiger partial charge in [-0.2, -0.15) is 5.26 Å². The normalized spacial score (nSPS) is 19.9. The minimum absolute atomic E-state index is 0.192. The van der Waals surface area contributed by atoms with Gasteiger partial charge in [0.15, 0.2) is 5.92 Å². The highest BCUT2D eigenvalue weighted by Crippen LogP contribution is 2.41. The van der Waals surface area contributed by atoms with Crippen molar-refractivity contribution in [2.24, 2.45) is 0 Å². The lowest BCUT2D eigenvalue weighted by molar-refractivity contribution is -0.119. The predicted molar refractivity (Wildman–Crippen MR) is 126 cm³/mol. The first-order valence-electron chi connectivity index (χ1n) is 11.3. The van der Waals surface area contributed by atoms with Gasteiger partial charge in [0.25, 0.3) is 5.54 Å². The number of anilines is 2. The van der Waals surface area contributed by atoms with Crippen LogP contribution in [0.15, 0.2) is 42.7 Å². The van der Waals surface area contributed by atoms with Crippen LogP contribution in [0.25, 0.3) is 4.85 Å². The van der Waals surface area contributed by atoms with Gasteiger partial charge in [0.2, 0.25) is 5.91 Å². The maximum Gasteiger partial charge on any atom is 0.414 e. The molecule has 10 heteroatoms.